The second kappa shape index (κ2) is 12.6. The van der Waals surface area contributed by atoms with Crippen LogP contribution in [0.15, 0.2) is 22.7 Å². The third-order valence-electron chi connectivity index (χ3n) is 6.65. The van der Waals surface area contributed by atoms with Crippen molar-refractivity contribution in [1.82, 2.24) is 15.0 Å². The largest absolute Gasteiger partial charge is 0.487 e. The molecule has 2 heterocycles. The topological polar surface area (TPSA) is 137 Å². The van der Waals surface area contributed by atoms with E-state index in [0.717, 1.165) is 0 Å². The normalized spacial score (nSPS) is 18.2. The molecule has 14 heteroatoms. The van der Waals surface area contributed by atoms with Gasteiger partial charge in [-0.05, 0) is 39.0 Å². The zero-order valence-corrected chi connectivity index (χ0v) is 23.0. The van der Waals surface area contributed by atoms with Crippen LogP contribution in [-0.2, 0) is 4.79 Å². The van der Waals surface area contributed by atoms with Gasteiger partial charge in [0, 0.05) is 31.6 Å². The molecule has 0 bridgehead atoms. The summed E-state index contributed by atoms with van der Waals surface area (Å²) in [5.74, 6) is -0.976. The van der Waals surface area contributed by atoms with Crippen molar-refractivity contribution < 1.29 is 41.9 Å². The number of ether oxygens (including phenoxy) is 1. The lowest BCUT2D eigenvalue weighted by Crippen LogP contribution is -2.50. The van der Waals surface area contributed by atoms with Crippen LogP contribution in [0.3, 0.4) is 0 Å². The van der Waals surface area contributed by atoms with Gasteiger partial charge in [-0.15, -0.1) is 0 Å². The van der Waals surface area contributed by atoms with Crippen LogP contribution in [0.4, 0.5) is 29.3 Å². The van der Waals surface area contributed by atoms with Gasteiger partial charge >= 0.3 is 12.2 Å². The number of amides is 4. The van der Waals surface area contributed by atoms with Crippen LogP contribution in [0.2, 0.25) is 0 Å². The predicted octanol–water partition coefficient (Wildman–Crippen LogP) is 3.96. The van der Waals surface area contributed by atoms with Crippen LogP contribution in [0.25, 0.3) is 0 Å². The predicted molar refractivity (Wildman–Crippen MR) is 139 cm³/mol. The van der Waals surface area contributed by atoms with Crippen LogP contribution >= 0.6 is 0 Å². The first kappa shape index (κ1) is 30.7. The quantitative estimate of drug-likeness (QED) is 0.438. The average molecular weight is 570 g/mol. The number of fused-ring (bicyclic) bond motifs is 1. The van der Waals surface area contributed by atoms with E-state index in [1.807, 2.05) is 6.92 Å². The summed E-state index contributed by atoms with van der Waals surface area (Å²) >= 11 is 0. The molecule has 40 heavy (non-hydrogen) atoms. The van der Waals surface area contributed by atoms with Crippen molar-refractivity contribution in [2.75, 3.05) is 37.4 Å². The zero-order valence-electron chi connectivity index (χ0n) is 23.0. The molecule has 220 valence electrons. The van der Waals surface area contributed by atoms with Crippen molar-refractivity contribution in [3.8, 4) is 5.75 Å². The minimum absolute atomic E-state index is 0.0636. The maximum Gasteiger partial charge on any atom is 0.389 e. The van der Waals surface area contributed by atoms with Gasteiger partial charge in [0.15, 0.2) is 5.76 Å². The van der Waals surface area contributed by atoms with Gasteiger partial charge in [0.1, 0.15) is 23.2 Å². The molecule has 11 nitrogen and oxygen atoms in total. The number of carbonyl (C=O) groups excluding carboxylic acids is 3. The number of aromatic nitrogens is 1. The number of nitrogens with one attached hydrogen (secondary N) is 2. The van der Waals surface area contributed by atoms with Gasteiger partial charge in [-0.2, -0.15) is 13.2 Å². The minimum atomic E-state index is -4.48. The van der Waals surface area contributed by atoms with Gasteiger partial charge in [0.25, 0.3) is 5.91 Å². The third-order valence-corrected chi connectivity index (χ3v) is 6.65. The molecule has 2 aromatic rings. The van der Waals surface area contributed by atoms with Crippen LogP contribution in [0.1, 0.15) is 48.5 Å². The lowest BCUT2D eigenvalue weighted by molar-refractivity contribution is -0.142. The number of carbonyl (C=O) groups is 3. The van der Waals surface area contributed by atoms with E-state index < -0.39 is 49.0 Å². The number of hydrogen-bond donors (Lipinski definition) is 3. The highest BCUT2D eigenvalue weighted by atomic mass is 19.4. The lowest BCUT2D eigenvalue weighted by Gasteiger charge is -2.38. The first-order valence-corrected chi connectivity index (χ1v) is 12.7. The van der Waals surface area contributed by atoms with Crippen LogP contribution in [0, 0.1) is 19.8 Å². The molecule has 0 saturated heterocycles. The molecule has 1 aliphatic heterocycles. The maximum absolute atomic E-state index is 13.5. The number of rotatable bonds is 8. The molecule has 4 amide bonds. The Labute approximate surface area is 229 Å². The highest BCUT2D eigenvalue weighted by Gasteiger charge is 2.34. The molecule has 3 atom stereocenters. The Balaban J connectivity index is 1.85. The molecule has 1 aliphatic rings. The summed E-state index contributed by atoms with van der Waals surface area (Å²) in [5, 5.41) is 18.8. The van der Waals surface area contributed by atoms with Crippen molar-refractivity contribution in [2.24, 2.45) is 5.92 Å². The first-order chi connectivity index (χ1) is 18.7. The van der Waals surface area contributed by atoms with E-state index in [-0.39, 0.29) is 42.6 Å². The average Bonchev–Trinajstić information content (AvgIpc) is 3.20. The van der Waals surface area contributed by atoms with E-state index in [1.165, 1.54) is 28.0 Å². The van der Waals surface area contributed by atoms with Crippen molar-refractivity contribution in [3.63, 3.8) is 0 Å². The fraction of sp³-hybridized carbons (Fsp3) is 0.538. The second-order valence-electron chi connectivity index (χ2n) is 10.0. The fourth-order valence-electron chi connectivity index (χ4n) is 4.21. The lowest BCUT2D eigenvalue weighted by atomic mass is 9.99. The van der Waals surface area contributed by atoms with E-state index in [9.17, 15) is 32.7 Å². The zero-order chi connectivity index (χ0) is 29.8. The Morgan fingerprint density at radius 2 is 1.98 bits per heavy atom. The molecule has 0 aliphatic carbocycles. The molecule has 0 spiro atoms. The molecular weight excluding hydrogens is 535 g/mol. The van der Waals surface area contributed by atoms with E-state index in [4.69, 9.17) is 9.26 Å². The fourth-order valence-corrected chi connectivity index (χ4v) is 4.21. The Kier molecular flexibility index (Phi) is 9.66. The number of urea groups is 1. The molecule has 0 unspecified atom stereocenters. The van der Waals surface area contributed by atoms with Gasteiger partial charge in [-0.25, -0.2) is 4.79 Å². The molecular formula is C26H34F3N5O6. The number of nitrogens with zero attached hydrogens (tertiary/aromatic N) is 3. The van der Waals surface area contributed by atoms with Crippen molar-refractivity contribution in [3.05, 3.63) is 35.2 Å². The second-order valence-corrected chi connectivity index (χ2v) is 10.0. The van der Waals surface area contributed by atoms with Gasteiger partial charge in [0.2, 0.25) is 5.91 Å². The standard InChI is InChI=1S/C26H34F3N5O6/c1-14-11-34(15(2)13-35)24(37)19-10-18(30-22(36)8-9-26(27,28)29)6-7-20(19)39-21(14)12-33(5)25(38)31-23-16(3)32-40-17(23)4/h6-7,10,14-15,21,35H,8-9,11-13H2,1-5H3,(H,30,36)(H,31,38)/t14-,15-,21-/m1/s1. The summed E-state index contributed by atoms with van der Waals surface area (Å²) in [6.07, 6.45) is -7.10. The number of aryl methyl sites for hydroxylation is 2. The number of halogens is 3. The van der Waals surface area contributed by atoms with E-state index in [1.54, 1.807) is 27.8 Å². The molecule has 1 aromatic carbocycles. The van der Waals surface area contributed by atoms with Gasteiger partial charge < -0.3 is 34.8 Å². The summed E-state index contributed by atoms with van der Waals surface area (Å²) < 4.78 is 48.8. The number of likely N-dealkylation sites (N-methyl/N-ethyl adjacent to an activating group) is 1. The van der Waals surface area contributed by atoms with Crippen molar-refractivity contribution in [1.29, 1.82) is 0 Å². The molecule has 0 radical (unpaired) electrons. The highest BCUT2D eigenvalue weighted by Crippen LogP contribution is 2.31. The van der Waals surface area contributed by atoms with Crippen LogP contribution < -0.4 is 15.4 Å². The first-order valence-electron chi connectivity index (χ1n) is 12.7. The smallest absolute Gasteiger partial charge is 0.389 e. The summed E-state index contributed by atoms with van der Waals surface area (Å²) in [7, 11) is 1.59. The molecule has 1 aromatic heterocycles. The summed E-state index contributed by atoms with van der Waals surface area (Å²) in [4.78, 5) is 41.4. The maximum atomic E-state index is 13.5. The summed E-state index contributed by atoms with van der Waals surface area (Å²) in [6.45, 7) is 6.90. The Bertz CT molecular complexity index is 1210. The Morgan fingerprint density at radius 1 is 1.27 bits per heavy atom. The number of hydrogen-bond acceptors (Lipinski definition) is 7. The summed E-state index contributed by atoms with van der Waals surface area (Å²) in [6, 6.07) is 3.22. The van der Waals surface area contributed by atoms with Gasteiger partial charge in [-0.1, -0.05) is 12.1 Å². The number of anilines is 2. The van der Waals surface area contributed by atoms with Crippen LogP contribution in [0.5, 0.6) is 5.75 Å². The van der Waals surface area contributed by atoms with Gasteiger partial charge in [0.05, 0.1) is 31.2 Å². The van der Waals surface area contributed by atoms with Crippen molar-refractivity contribution in [2.45, 2.75) is 58.9 Å². The van der Waals surface area contributed by atoms with E-state index in [2.05, 4.69) is 15.8 Å². The van der Waals surface area contributed by atoms with E-state index in [0.29, 0.717) is 17.1 Å². The van der Waals surface area contributed by atoms with Gasteiger partial charge in [-0.3, -0.25) is 9.59 Å². The summed E-state index contributed by atoms with van der Waals surface area (Å²) in [5.41, 5.74) is 1.18. The van der Waals surface area contributed by atoms with Crippen molar-refractivity contribution >= 4 is 29.2 Å². The monoisotopic (exact) mass is 569 g/mol. The number of alkyl halides is 3. The third kappa shape index (κ3) is 7.64. The number of benzene rings is 1. The Morgan fingerprint density at radius 3 is 2.58 bits per heavy atom. The Hall–Kier alpha value is -3.81. The van der Waals surface area contributed by atoms with Crippen LogP contribution in [-0.4, -0.2) is 83.0 Å². The number of aliphatic hydroxyl groups excluding tert-OH is 1. The number of aliphatic hydroxyl groups is 1. The highest BCUT2D eigenvalue weighted by molar-refractivity contribution is 6.00. The molecule has 3 rings (SSSR count). The SMILES string of the molecule is Cc1noc(C)c1NC(=O)N(C)C[C@H]1Oc2ccc(NC(=O)CCC(F)(F)F)cc2C(=O)N([C@H](C)CO)C[C@H]1C. The minimum Gasteiger partial charge on any atom is -0.487 e. The molecule has 0 saturated carbocycles. The molecule has 3 N–H and O–H groups in total. The van der Waals surface area contributed by atoms with E-state index >= 15 is 0 Å². The molecule has 0 fully saturated rings.